The molecule has 3 rings (SSSR count). The summed E-state index contributed by atoms with van der Waals surface area (Å²) < 4.78 is 5.57. The second kappa shape index (κ2) is 7.18. The van der Waals surface area contributed by atoms with Crippen molar-refractivity contribution in [3.05, 3.63) is 65.2 Å². The number of hydrogen-bond donors (Lipinski definition) is 0. The fourth-order valence-electron chi connectivity index (χ4n) is 3.21. The lowest BCUT2D eigenvalue weighted by atomic mass is 9.87. The zero-order chi connectivity index (χ0) is 16.9. The van der Waals surface area contributed by atoms with Gasteiger partial charge in [-0.15, -0.1) is 0 Å². The number of nitriles is 1. The summed E-state index contributed by atoms with van der Waals surface area (Å²) in [6, 6.07) is 17.4. The van der Waals surface area contributed by atoms with Gasteiger partial charge in [0.15, 0.2) is 6.61 Å². The summed E-state index contributed by atoms with van der Waals surface area (Å²) in [5.74, 6) is 0.485. The van der Waals surface area contributed by atoms with Crippen LogP contribution in [0.2, 0.25) is 0 Å². The van der Waals surface area contributed by atoms with Crippen molar-refractivity contribution >= 4 is 5.91 Å². The molecule has 1 atom stereocenters. The Balaban J connectivity index is 1.66. The van der Waals surface area contributed by atoms with Crippen molar-refractivity contribution in [3.8, 4) is 11.8 Å². The number of aryl methyl sites for hydroxylation is 1. The predicted octanol–water partition coefficient (Wildman–Crippen LogP) is 3.47. The van der Waals surface area contributed by atoms with Gasteiger partial charge in [0, 0.05) is 7.05 Å². The van der Waals surface area contributed by atoms with E-state index in [4.69, 9.17) is 10.00 Å². The number of likely N-dealkylation sites (N-methyl/N-ethyl adjacent to an activating group) is 1. The van der Waals surface area contributed by atoms with Crippen LogP contribution in [0.15, 0.2) is 48.5 Å². The Hall–Kier alpha value is -2.80. The summed E-state index contributed by atoms with van der Waals surface area (Å²) in [5, 5.41) is 8.91. The Morgan fingerprint density at radius 3 is 2.96 bits per heavy atom. The smallest absolute Gasteiger partial charge is 0.260 e. The van der Waals surface area contributed by atoms with E-state index in [1.165, 1.54) is 11.1 Å². The third-order valence-electron chi connectivity index (χ3n) is 4.52. The zero-order valence-corrected chi connectivity index (χ0v) is 13.7. The van der Waals surface area contributed by atoms with Crippen molar-refractivity contribution in [2.24, 2.45) is 0 Å². The minimum atomic E-state index is -0.0564. The summed E-state index contributed by atoms with van der Waals surface area (Å²) in [6.07, 6.45) is 3.14. The highest BCUT2D eigenvalue weighted by molar-refractivity contribution is 5.78. The summed E-state index contributed by atoms with van der Waals surface area (Å²) in [6.45, 7) is -0.0238. The first-order valence-corrected chi connectivity index (χ1v) is 8.15. The molecular weight excluding hydrogens is 300 g/mol. The topological polar surface area (TPSA) is 53.3 Å². The van der Waals surface area contributed by atoms with E-state index in [0.29, 0.717) is 11.3 Å². The van der Waals surface area contributed by atoms with Gasteiger partial charge in [-0.05, 0) is 48.6 Å². The Kier molecular flexibility index (Phi) is 4.81. The summed E-state index contributed by atoms with van der Waals surface area (Å²) in [7, 11) is 1.84. The number of fused-ring (bicyclic) bond motifs is 1. The van der Waals surface area contributed by atoms with Gasteiger partial charge in [-0.1, -0.05) is 30.3 Å². The molecule has 0 heterocycles. The molecule has 0 unspecified atom stereocenters. The maximum atomic E-state index is 12.5. The van der Waals surface area contributed by atoms with Gasteiger partial charge in [-0.25, -0.2) is 0 Å². The largest absolute Gasteiger partial charge is 0.484 e. The molecule has 1 amide bonds. The van der Waals surface area contributed by atoms with E-state index in [1.807, 2.05) is 19.2 Å². The minimum absolute atomic E-state index is 0.0238. The Labute approximate surface area is 142 Å². The van der Waals surface area contributed by atoms with E-state index in [-0.39, 0.29) is 18.6 Å². The molecule has 1 aliphatic carbocycles. The number of hydrogen-bond acceptors (Lipinski definition) is 3. The average molecular weight is 320 g/mol. The van der Waals surface area contributed by atoms with Gasteiger partial charge in [0.05, 0.1) is 17.7 Å². The van der Waals surface area contributed by atoms with Crippen LogP contribution >= 0.6 is 0 Å². The molecule has 0 saturated carbocycles. The number of amides is 1. The van der Waals surface area contributed by atoms with Crippen molar-refractivity contribution in [2.75, 3.05) is 13.7 Å². The number of rotatable bonds is 4. The molecule has 0 saturated heterocycles. The molecule has 0 radical (unpaired) electrons. The molecule has 0 bridgehead atoms. The van der Waals surface area contributed by atoms with E-state index in [9.17, 15) is 4.79 Å². The summed E-state index contributed by atoms with van der Waals surface area (Å²) in [5.41, 5.74) is 3.09. The molecule has 1 aliphatic rings. The van der Waals surface area contributed by atoms with E-state index in [1.54, 1.807) is 29.2 Å². The van der Waals surface area contributed by atoms with Crippen LogP contribution in [0.3, 0.4) is 0 Å². The van der Waals surface area contributed by atoms with Gasteiger partial charge in [0.25, 0.3) is 5.91 Å². The monoisotopic (exact) mass is 320 g/mol. The lowest BCUT2D eigenvalue weighted by molar-refractivity contribution is -0.134. The first-order chi connectivity index (χ1) is 11.7. The predicted molar refractivity (Wildman–Crippen MR) is 91.5 cm³/mol. The molecule has 0 aromatic heterocycles. The molecule has 0 spiro atoms. The number of carbonyl (C=O) groups excluding carboxylic acids is 1. The van der Waals surface area contributed by atoms with Crippen LogP contribution in [-0.2, 0) is 11.2 Å². The number of ether oxygens (including phenoxy) is 1. The first kappa shape index (κ1) is 16.1. The maximum Gasteiger partial charge on any atom is 0.260 e. The van der Waals surface area contributed by atoms with Crippen LogP contribution in [0, 0.1) is 11.3 Å². The SMILES string of the molecule is CN(C(=O)COc1cccc(C#N)c1)[C@@H]1CCCc2ccccc21. The summed E-state index contributed by atoms with van der Waals surface area (Å²) in [4.78, 5) is 14.3. The lowest BCUT2D eigenvalue weighted by Crippen LogP contribution is -2.36. The standard InChI is InChI=1S/C20H20N2O2/c1-22(19-11-5-8-16-7-2-3-10-18(16)19)20(23)14-24-17-9-4-6-15(12-17)13-21/h2-4,6-7,9-10,12,19H,5,8,11,14H2,1H3/t19-/m1/s1. The fourth-order valence-corrected chi connectivity index (χ4v) is 3.21. The van der Waals surface area contributed by atoms with Gasteiger partial charge in [-0.3, -0.25) is 4.79 Å². The number of carbonyl (C=O) groups is 1. The molecule has 0 N–H and O–H groups in total. The van der Waals surface area contributed by atoms with Crippen LogP contribution in [0.4, 0.5) is 0 Å². The molecule has 0 aliphatic heterocycles. The van der Waals surface area contributed by atoms with Crippen LogP contribution in [0.5, 0.6) is 5.75 Å². The van der Waals surface area contributed by atoms with Crippen LogP contribution in [0.1, 0.15) is 35.6 Å². The molecular formula is C20H20N2O2. The highest BCUT2D eigenvalue weighted by atomic mass is 16.5. The minimum Gasteiger partial charge on any atom is -0.484 e. The third-order valence-corrected chi connectivity index (χ3v) is 4.52. The Morgan fingerprint density at radius 2 is 2.12 bits per heavy atom. The van der Waals surface area contributed by atoms with E-state index < -0.39 is 0 Å². The second-order valence-electron chi connectivity index (χ2n) is 6.04. The van der Waals surface area contributed by atoms with Gasteiger partial charge in [-0.2, -0.15) is 5.26 Å². The normalized spacial score (nSPS) is 15.9. The molecule has 2 aromatic rings. The van der Waals surface area contributed by atoms with Crippen LogP contribution in [0.25, 0.3) is 0 Å². The molecule has 122 valence electrons. The second-order valence-corrected chi connectivity index (χ2v) is 6.04. The highest BCUT2D eigenvalue weighted by Crippen LogP contribution is 2.33. The van der Waals surface area contributed by atoms with Gasteiger partial charge in [0.1, 0.15) is 5.75 Å². The van der Waals surface area contributed by atoms with Crippen molar-refractivity contribution in [3.63, 3.8) is 0 Å². The summed E-state index contributed by atoms with van der Waals surface area (Å²) >= 11 is 0. The van der Waals surface area contributed by atoms with Crippen molar-refractivity contribution in [1.82, 2.24) is 4.90 Å². The molecule has 4 nitrogen and oxygen atoms in total. The van der Waals surface area contributed by atoms with Gasteiger partial charge >= 0.3 is 0 Å². The van der Waals surface area contributed by atoms with Gasteiger partial charge < -0.3 is 9.64 Å². The van der Waals surface area contributed by atoms with Gasteiger partial charge in [0.2, 0.25) is 0 Å². The zero-order valence-electron chi connectivity index (χ0n) is 13.7. The van der Waals surface area contributed by atoms with Crippen molar-refractivity contribution in [1.29, 1.82) is 5.26 Å². The highest BCUT2D eigenvalue weighted by Gasteiger charge is 2.26. The average Bonchev–Trinajstić information content (AvgIpc) is 2.65. The molecule has 24 heavy (non-hydrogen) atoms. The quantitative estimate of drug-likeness (QED) is 0.866. The molecule has 2 aromatic carbocycles. The van der Waals surface area contributed by atoms with E-state index >= 15 is 0 Å². The van der Waals surface area contributed by atoms with Crippen molar-refractivity contribution < 1.29 is 9.53 Å². The Morgan fingerprint density at radius 1 is 1.29 bits per heavy atom. The number of nitrogens with zero attached hydrogens (tertiary/aromatic N) is 2. The molecule has 0 fully saturated rings. The maximum absolute atomic E-state index is 12.5. The lowest BCUT2D eigenvalue weighted by Gasteiger charge is -2.33. The first-order valence-electron chi connectivity index (χ1n) is 8.15. The number of benzene rings is 2. The van der Waals surface area contributed by atoms with Crippen molar-refractivity contribution in [2.45, 2.75) is 25.3 Å². The third kappa shape index (κ3) is 3.41. The fraction of sp³-hybridized carbons (Fsp3) is 0.300. The van der Waals surface area contributed by atoms with Crippen LogP contribution < -0.4 is 4.74 Å². The van der Waals surface area contributed by atoms with E-state index in [2.05, 4.69) is 18.2 Å². The van der Waals surface area contributed by atoms with Crippen LogP contribution in [-0.4, -0.2) is 24.5 Å². The molecule has 4 heteroatoms. The van der Waals surface area contributed by atoms with E-state index in [0.717, 1.165) is 19.3 Å². The Bertz CT molecular complexity index is 779.